The van der Waals surface area contributed by atoms with Crippen molar-refractivity contribution in [3.63, 3.8) is 0 Å². The van der Waals surface area contributed by atoms with Crippen LogP contribution >= 0.6 is 0 Å². The Morgan fingerprint density at radius 3 is 3.17 bits per heavy atom. The summed E-state index contributed by atoms with van der Waals surface area (Å²) in [6.07, 6.45) is 9.65. The van der Waals surface area contributed by atoms with Gasteiger partial charge in [0.1, 0.15) is 0 Å². The third-order valence-electron chi connectivity index (χ3n) is 2.49. The molecule has 0 saturated carbocycles. The predicted octanol–water partition coefficient (Wildman–Crippen LogP) is 1.20. The van der Waals surface area contributed by atoms with E-state index in [1.54, 1.807) is 0 Å². The Kier molecular flexibility index (Phi) is 2.42. The summed E-state index contributed by atoms with van der Waals surface area (Å²) in [7, 11) is 0. The molecular weight excluding hydrogens is 150 g/mol. The Balaban J connectivity index is 2.02. The largest absolute Gasteiger partial charge is 0.334 e. The highest BCUT2D eigenvalue weighted by molar-refractivity contribution is 4.82. The quantitative estimate of drug-likeness (QED) is 0.677. The van der Waals surface area contributed by atoms with E-state index in [2.05, 4.69) is 21.1 Å². The highest BCUT2D eigenvalue weighted by Crippen LogP contribution is 2.18. The first-order valence-electron chi connectivity index (χ1n) is 4.65. The maximum absolute atomic E-state index is 4.07. The fraction of sp³-hybridized carbons (Fsp3) is 0.667. The molecule has 0 bridgehead atoms. The molecule has 0 radical (unpaired) electrons. The van der Waals surface area contributed by atoms with Gasteiger partial charge in [-0.3, -0.25) is 0 Å². The lowest BCUT2D eigenvalue weighted by Crippen LogP contribution is -2.14. The van der Waals surface area contributed by atoms with Gasteiger partial charge in [-0.25, -0.2) is 4.98 Å². The van der Waals surface area contributed by atoms with Crippen LogP contribution in [0.1, 0.15) is 25.3 Å². The van der Waals surface area contributed by atoms with E-state index in [0.717, 1.165) is 6.54 Å². The summed E-state index contributed by atoms with van der Waals surface area (Å²) in [6.45, 7) is 2.31. The molecule has 1 N–H and O–H groups in total. The van der Waals surface area contributed by atoms with E-state index in [1.807, 2.05) is 12.5 Å². The van der Waals surface area contributed by atoms with E-state index in [4.69, 9.17) is 0 Å². The molecule has 0 aromatic carbocycles. The van der Waals surface area contributed by atoms with Crippen LogP contribution in [-0.4, -0.2) is 22.6 Å². The Bertz CT molecular complexity index is 210. The molecule has 2 rings (SSSR count). The van der Waals surface area contributed by atoms with Crippen molar-refractivity contribution in [3.05, 3.63) is 18.7 Å². The lowest BCUT2D eigenvalue weighted by atomic mass is 10.1. The molecular formula is C9H15N3. The second-order valence-corrected chi connectivity index (χ2v) is 3.34. The predicted molar refractivity (Wildman–Crippen MR) is 48.0 cm³/mol. The number of imidazole rings is 1. The van der Waals surface area contributed by atoms with Gasteiger partial charge in [-0.15, -0.1) is 0 Å². The number of hydrogen-bond donors (Lipinski definition) is 1. The number of nitrogens with zero attached hydrogens (tertiary/aromatic N) is 2. The van der Waals surface area contributed by atoms with Crippen molar-refractivity contribution >= 4 is 0 Å². The molecule has 3 nitrogen and oxygen atoms in total. The van der Waals surface area contributed by atoms with Crippen LogP contribution in [0.3, 0.4) is 0 Å². The summed E-state index contributed by atoms with van der Waals surface area (Å²) in [5.74, 6) is 0. The number of hydrogen-bond acceptors (Lipinski definition) is 2. The summed E-state index contributed by atoms with van der Waals surface area (Å²) in [5.41, 5.74) is 0. The SMILES string of the molecule is c1cn(C2CCCNCC2)cn1. The number of aromatic nitrogens is 2. The van der Waals surface area contributed by atoms with Gasteiger partial charge in [0, 0.05) is 18.4 Å². The Morgan fingerprint density at radius 1 is 1.33 bits per heavy atom. The molecule has 66 valence electrons. The van der Waals surface area contributed by atoms with Crippen molar-refractivity contribution in [2.75, 3.05) is 13.1 Å². The van der Waals surface area contributed by atoms with Crippen molar-refractivity contribution in [3.8, 4) is 0 Å². The van der Waals surface area contributed by atoms with Crippen molar-refractivity contribution < 1.29 is 0 Å². The monoisotopic (exact) mass is 165 g/mol. The second-order valence-electron chi connectivity index (χ2n) is 3.34. The van der Waals surface area contributed by atoms with Crippen LogP contribution in [0.15, 0.2) is 18.7 Å². The summed E-state index contributed by atoms with van der Waals surface area (Å²) >= 11 is 0. The third-order valence-corrected chi connectivity index (χ3v) is 2.49. The summed E-state index contributed by atoms with van der Waals surface area (Å²) < 4.78 is 2.23. The zero-order chi connectivity index (χ0) is 8.23. The fourth-order valence-electron chi connectivity index (χ4n) is 1.78. The van der Waals surface area contributed by atoms with Gasteiger partial charge in [0.05, 0.1) is 6.33 Å². The summed E-state index contributed by atoms with van der Waals surface area (Å²) in [5, 5.41) is 3.41. The Hall–Kier alpha value is -0.830. The Morgan fingerprint density at radius 2 is 2.33 bits per heavy atom. The average Bonchev–Trinajstić information content (AvgIpc) is 2.48. The lowest BCUT2D eigenvalue weighted by Gasteiger charge is -2.14. The van der Waals surface area contributed by atoms with Gasteiger partial charge in [0.15, 0.2) is 0 Å². The number of rotatable bonds is 1. The topological polar surface area (TPSA) is 29.9 Å². The molecule has 1 aliphatic heterocycles. The van der Waals surface area contributed by atoms with Crippen LogP contribution in [0.4, 0.5) is 0 Å². The van der Waals surface area contributed by atoms with Gasteiger partial charge in [-0.05, 0) is 32.4 Å². The minimum absolute atomic E-state index is 0.669. The highest BCUT2D eigenvalue weighted by atomic mass is 15.1. The van der Waals surface area contributed by atoms with Gasteiger partial charge in [0.2, 0.25) is 0 Å². The van der Waals surface area contributed by atoms with Crippen molar-refractivity contribution in [1.29, 1.82) is 0 Å². The van der Waals surface area contributed by atoms with Crippen molar-refractivity contribution in [2.45, 2.75) is 25.3 Å². The normalized spacial score (nSPS) is 25.2. The zero-order valence-electron chi connectivity index (χ0n) is 7.24. The first-order valence-corrected chi connectivity index (χ1v) is 4.65. The minimum atomic E-state index is 0.669. The average molecular weight is 165 g/mol. The second kappa shape index (κ2) is 3.72. The molecule has 3 heteroatoms. The molecule has 0 spiro atoms. The molecule has 12 heavy (non-hydrogen) atoms. The lowest BCUT2D eigenvalue weighted by molar-refractivity contribution is 0.454. The molecule has 1 aromatic rings. The summed E-state index contributed by atoms with van der Waals surface area (Å²) in [4.78, 5) is 4.07. The van der Waals surface area contributed by atoms with Crippen LogP contribution in [-0.2, 0) is 0 Å². The van der Waals surface area contributed by atoms with Crippen molar-refractivity contribution in [1.82, 2.24) is 14.9 Å². The first kappa shape index (κ1) is 7.80. The molecule has 1 saturated heterocycles. The zero-order valence-corrected chi connectivity index (χ0v) is 7.24. The molecule has 2 heterocycles. The van der Waals surface area contributed by atoms with E-state index < -0.39 is 0 Å². The van der Waals surface area contributed by atoms with Crippen LogP contribution in [0.2, 0.25) is 0 Å². The van der Waals surface area contributed by atoms with Gasteiger partial charge in [-0.2, -0.15) is 0 Å². The molecule has 1 aromatic heterocycles. The maximum atomic E-state index is 4.07. The third kappa shape index (κ3) is 1.67. The van der Waals surface area contributed by atoms with Crippen molar-refractivity contribution in [2.24, 2.45) is 0 Å². The van der Waals surface area contributed by atoms with E-state index >= 15 is 0 Å². The standard InChI is InChI=1S/C9H15N3/c1-2-9(3-5-10-4-1)12-7-6-11-8-12/h6-10H,1-5H2. The number of nitrogens with one attached hydrogen (secondary N) is 1. The van der Waals surface area contributed by atoms with Crippen LogP contribution < -0.4 is 5.32 Å². The molecule has 1 fully saturated rings. The van der Waals surface area contributed by atoms with E-state index in [0.29, 0.717) is 6.04 Å². The van der Waals surface area contributed by atoms with Crippen LogP contribution in [0, 0.1) is 0 Å². The van der Waals surface area contributed by atoms with E-state index in [1.165, 1.54) is 25.8 Å². The molecule has 1 unspecified atom stereocenters. The Labute approximate surface area is 72.8 Å². The first-order chi connectivity index (χ1) is 5.97. The van der Waals surface area contributed by atoms with Crippen LogP contribution in [0.25, 0.3) is 0 Å². The smallest absolute Gasteiger partial charge is 0.0948 e. The van der Waals surface area contributed by atoms with Gasteiger partial charge < -0.3 is 9.88 Å². The molecule has 0 amide bonds. The highest BCUT2D eigenvalue weighted by Gasteiger charge is 2.11. The van der Waals surface area contributed by atoms with E-state index in [9.17, 15) is 0 Å². The van der Waals surface area contributed by atoms with Gasteiger partial charge in [0.25, 0.3) is 0 Å². The van der Waals surface area contributed by atoms with Crippen LogP contribution in [0.5, 0.6) is 0 Å². The van der Waals surface area contributed by atoms with Gasteiger partial charge >= 0.3 is 0 Å². The molecule has 1 atom stereocenters. The fourth-order valence-corrected chi connectivity index (χ4v) is 1.78. The summed E-state index contributed by atoms with van der Waals surface area (Å²) in [6, 6.07) is 0.669. The minimum Gasteiger partial charge on any atom is -0.334 e. The van der Waals surface area contributed by atoms with E-state index in [-0.39, 0.29) is 0 Å². The maximum Gasteiger partial charge on any atom is 0.0948 e. The van der Waals surface area contributed by atoms with Gasteiger partial charge in [-0.1, -0.05) is 0 Å². The molecule has 0 aliphatic carbocycles. The molecule has 1 aliphatic rings.